The Kier molecular flexibility index (Phi) is 6.23. The Morgan fingerprint density at radius 1 is 1.12 bits per heavy atom. The van der Waals surface area contributed by atoms with Crippen LogP contribution in [0.2, 0.25) is 0 Å². The molecule has 1 saturated carbocycles. The SMILES string of the molecule is CCCCCCC[C@@H]1[C@@H](c2ccc3c(c2)CCC3O)[C@H](O)C[C@H]1Cl. The minimum absolute atomic E-state index is 0.0787. The number of fused-ring (bicyclic) bond motifs is 1. The Morgan fingerprint density at radius 3 is 2.71 bits per heavy atom. The maximum atomic E-state index is 10.6. The predicted molar refractivity (Wildman–Crippen MR) is 99.6 cm³/mol. The van der Waals surface area contributed by atoms with Gasteiger partial charge in [-0.15, -0.1) is 11.6 Å². The topological polar surface area (TPSA) is 40.5 Å². The molecule has 5 atom stereocenters. The van der Waals surface area contributed by atoms with E-state index in [2.05, 4.69) is 25.1 Å². The molecule has 24 heavy (non-hydrogen) atoms. The average molecular weight is 351 g/mol. The van der Waals surface area contributed by atoms with Crippen LogP contribution in [0.3, 0.4) is 0 Å². The third-order valence-electron chi connectivity index (χ3n) is 6.05. The first kappa shape index (κ1) is 18.2. The van der Waals surface area contributed by atoms with Gasteiger partial charge in [0, 0.05) is 11.3 Å². The number of aryl methyl sites for hydroxylation is 1. The first-order valence-electron chi connectivity index (χ1n) is 9.74. The predicted octanol–water partition coefficient (Wildman–Crippen LogP) is 5.10. The molecule has 3 heteroatoms. The van der Waals surface area contributed by atoms with Crippen LogP contribution in [0.15, 0.2) is 18.2 Å². The molecule has 0 aliphatic heterocycles. The molecule has 0 spiro atoms. The normalized spacial score (nSPS) is 32.2. The third-order valence-corrected chi connectivity index (χ3v) is 6.55. The van der Waals surface area contributed by atoms with Crippen LogP contribution in [-0.2, 0) is 6.42 Å². The van der Waals surface area contributed by atoms with Gasteiger partial charge in [-0.1, -0.05) is 57.2 Å². The molecule has 2 aliphatic carbocycles. The van der Waals surface area contributed by atoms with Crippen molar-refractivity contribution in [3.63, 3.8) is 0 Å². The summed E-state index contributed by atoms with van der Waals surface area (Å²) in [5.41, 5.74) is 3.55. The molecule has 1 aromatic rings. The highest BCUT2D eigenvalue weighted by Crippen LogP contribution is 2.46. The highest BCUT2D eigenvalue weighted by Gasteiger charge is 2.42. The molecule has 0 bridgehead atoms. The molecule has 0 radical (unpaired) electrons. The first-order valence-corrected chi connectivity index (χ1v) is 10.2. The van der Waals surface area contributed by atoms with Crippen molar-refractivity contribution in [3.05, 3.63) is 34.9 Å². The van der Waals surface area contributed by atoms with Gasteiger partial charge in [0.05, 0.1) is 12.2 Å². The molecular formula is C21H31ClO2. The van der Waals surface area contributed by atoms with Gasteiger partial charge in [-0.25, -0.2) is 0 Å². The van der Waals surface area contributed by atoms with E-state index >= 15 is 0 Å². The molecule has 0 heterocycles. The molecular weight excluding hydrogens is 320 g/mol. The number of aliphatic hydroxyl groups excluding tert-OH is 2. The van der Waals surface area contributed by atoms with Crippen molar-refractivity contribution in [2.24, 2.45) is 5.92 Å². The molecule has 2 N–H and O–H groups in total. The minimum atomic E-state index is -0.336. The van der Waals surface area contributed by atoms with E-state index in [9.17, 15) is 10.2 Å². The van der Waals surface area contributed by atoms with Gasteiger partial charge >= 0.3 is 0 Å². The van der Waals surface area contributed by atoms with Gasteiger partial charge in [0.2, 0.25) is 0 Å². The lowest BCUT2D eigenvalue weighted by Crippen LogP contribution is -2.19. The van der Waals surface area contributed by atoms with Crippen molar-refractivity contribution in [2.75, 3.05) is 0 Å². The largest absolute Gasteiger partial charge is 0.392 e. The zero-order valence-electron chi connectivity index (χ0n) is 14.8. The Balaban J connectivity index is 1.69. The van der Waals surface area contributed by atoms with Gasteiger partial charge in [-0.3, -0.25) is 0 Å². The maximum Gasteiger partial charge on any atom is 0.0795 e. The maximum absolute atomic E-state index is 10.6. The molecule has 1 aromatic carbocycles. The van der Waals surface area contributed by atoms with Gasteiger partial charge in [-0.2, -0.15) is 0 Å². The Bertz CT molecular complexity index is 545. The minimum Gasteiger partial charge on any atom is -0.392 e. The summed E-state index contributed by atoms with van der Waals surface area (Å²) in [5, 5.41) is 20.7. The standard InChI is InChI=1S/C21H31ClO2/c1-2-3-4-5-6-7-17-18(22)13-20(24)21(17)15-8-10-16-14(12-15)9-11-19(16)23/h8,10,12,17-21,23-24H,2-7,9,11,13H2,1H3/t17-,18+,19?,20+,21+/m0/s1. The fraction of sp³-hybridized carbons (Fsp3) is 0.714. The van der Waals surface area contributed by atoms with Crippen LogP contribution >= 0.6 is 11.6 Å². The summed E-state index contributed by atoms with van der Waals surface area (Å²) >= 11 is 6.60. The summed E-state index contributed by atoms with van der Waals surface area (Å²) in [5.74, 6) is 0.523. The Labute approximate surface area is 151 Å². The zero-order chi connectivity index (χ0) is 17.1. The van der Waals surface area contributed by atoms with Gasteiger partial charge in [-0.05, 0) is 48.3 Å². The lowest BCUT2D eigenvalue weighted by molar-refractivity contribution is 0.153. The number of hydrogen-bond acceptors (Lipinski definition) is 2. The second kappa shape index (κ2) is 8.21. The molecule has 3 rings (SSSR count). The van der Waals surface area contributed by atoms with Crippen molar-refractivity contribution >= 4 is 11.6 Å². The number of aliphatic hydroxyl groups is 2. The number of alkyl halides is 1. The van der Waals surface area contributed by atoms with Crippen molar-refractivity contribution in [3.8, 4) is 0 Å². The number of unbranched alkanes of at least 4 members (excludes halogenated alkanes) is 4. The van der Waals surface area contributed by atoms with Crippen LogP contribution < -0.4 is 0 Å². The van der Waals surface area contributed by atoms with Crippen LogP contribution in [0.5, 0.6) is 0 Å². The molecule has 0 amide bonds. The summed E-state index contributed by atoms with van der Waals surface area (Å²) in [6.45, 7) is 2.24. The molecule has 2 aliphatic rings. The van der Waals surface area contributed by atoms with Crippen LogP contribution in [-0.4, -0.2) is 21.7 Å². The van der Waals surface area contributed by atoms with E-state index in [4.69, 9.17) is 11.6 Å². The Morgan fingerprint density at radius 2 is 1.92 bits per heavy atom. The van der Waals surface area contributed by atoms with E-state index in [-0.39, 0.29) is 23.5 Å². The highest BCUT2D eigenvalue weighted by molar-refractivity contribution is 6.21. The molecule has 0 saturated heterocycles. The average Bonchev–Trinajstić information content (AvgIpc) is 3.07. The zero-order valence-corrected chi connectivity index (χ0v) is 15.5. The van der Waals surface area contributed by atoms with E-state index in [0.29, 0.717) is 12.3 Å². The van der Waals surface area contributed by atoms with Crippen molar-refractivity contribution < 1.29 is 10.2 Å². The van der Waals surface area contributed by atoms with Gasteiger partial charge in [0.15, 0.2) is 0 Å². The summed E-state index contributed by atoms with van der Waals surface area (Å²) in [6.07, 6.45) is 9.30. The second-order valence-electron chi connectivity index (χ2n) is 7.72. The van der Waals surface area contributed by atoms with Gasteiger partial charge in [0.1, 0.15) is 0 Å². The second-order valence-corrected chi connectivity index (χ2v) is 8.28. The molecule has 134 valence electrons. The van der Waals surface area contributed by atoms with Crippen LogP contribution in [0.1, 0.15) is 87.0 Å². The molecule has 0 aromatic heterocycles. The van der Waals surface area contributed by atoms with Crippen LogP contribution in [0.25, 0.3) is 0 Å². The summed E-state index contributed by atoms with van der Waals surface area (Å²) in [7, 11) is 0. The quantitative estimate of drug-likeness (QED) is 0.530. The number of benzene rings is 1. The van der Waals surface area contributed by atoms with E-state index in [1.807, 2.05) is 0 Å². The van der Waals surface area contributed by atoms with E-state index in [0.717, 1.165) is 24.8 Å². The van der Waals surface area contributed by atoms with Gasteiger partial charge in [0.25, 0.3) is 0 Å². The lowest BCUT2D eigenvalue weighted by atomic mass is 9.83. The van der Waals surface area contributed by atoms with Crippen molar-refractivity contribution in [2.45, 2.75) is 88.2 Å². The third kappa shape index (κ3) is 3.81. The Hall–Kier alpha value is -0.570. The lowest BCUT2D eigenvalue weighted by Gasteiger charge is -2.24. The van der Waals surface area contributed by atoms with Crippen LogP contribution in [0.4, 0.5) is 0 Å². The van der Waals surface area contributed by atoms with Crippen molar-refractivity contribution in [1.29, 1.82) is 0 Å². The van der Waals surface area contributed by atoms with Gasteiger partial charge < -0.3 is 10.2 Å². The molecule has 2 nitrogen and oxygen atoms in total. The molecule has 1 fully saturated rings. The van der Waals surface area contributed by atoms with E-state index in [1.165, 1.54) is 43.2 Å². The number of hydrogen-bond donors (Lipinski definition) is 2. The fourth-order valence-corrected chi connectivity index (χ4v) is 5.16. The first-order chi connectivity index (χ1) is 11.6. The smallest absolute Gasteiger partial charge is 0.0795 e. The number of halogens is 1. The summed E-state index contributed by atoms with van der Waals surface area (Å²) in [6, 6.07) is 6.40. The van der Waals surface area contributed by atoms with E-state index < -0.39 is 0 Å². The summed E-state index contributed by atoms with van der Waals surface area (Å²) < 4.78 is 0. The monoisotopic (exact) mass is 350 g/mol. The summed E-state index contributed by atoms with van der Waals surface area (Å²) in [4.78, 5) is 0. The number of rotatable bonds is 7. The van der Waals surface area contributed by atoms with E-state index in [1.54, 1.807) is 0 Å². The molecule has 1 unspecified atom stereocenters. The van der Waals surface area contributed by atoms with Crippen LogP contribution in [0, 0.1) is 5.92 Å². The van der Waals surface area contributed by atoms with Crippen molar-refractivity contribution in [1.82, 2.24) is 0 Å². The fourth-order valence-electron chi connectivity index (χ4n) is 4.70. The highest BCUT2D eigenvalue weighted by atomic mass is 35.5.